The van der Waals surface area contributed by atoms with E-state index < -0.39 is 0 Å². The Balaban J connectivity index is 1.54. The molecule has 160 valence electrons. The Morgan fingerprint density at radius 2 is 2.29 bits per heavy atom. The van der Waals surface area contributed by atoms with Gasteiger partial charge in [-0.2, -0.15) is 5.10 Å². The van der Waals surface area contributed by atoms with Crippen LogP contribution in [0.15, 0.2) is 30.7 Å². The van der Waals surface area contributed by atoms with Gasteiger partial charge in [0, 0.05) is 42.5 Å². The summed E-state index contributed by atoms with van der Waals surface area (Å²) in [5.74, 6) is -0.236. The van der Waals surface area contributed by atoms with Gasteiger partial charge in [-0.25, -0.2) is 9.50 Å². The zero-order valence-corrected chi connectivity index (χ0v) is 17.6. The maximum atomic E-state index is 13.1. The fraction of sp³-hybridized carbons (Fsp3) is 0.300. The molecule has 11 heteroatoms. The molecule has 31 heavy (non-hydrogen) atoms. The van der Waals surface area contributed by atoms with Gasteiger partial charge in [0.15, 0.2) is 11.5 Å². The third-order valence-electron chi connectivity index (χ3n) is 5.69. The number of hydrogen-bond donors (Lipinski definition) is 4. The Hall–Kier alpha value is -3.37. The summed E-state index contributed by atoms with van der Waals surface area (Å²) < 4.78 is 1.49. The predicted molar refractivity (Wildman–Crippen MR) is 119 cm³/mol. The first-order chi connectivity index (χ1) is 14.9. The number of H-pyrrole nitrogens is 1. The molecule has 4 aromatic rings. The number of aromatic amines is 1. The van der Waals surface area contributed by atoms with Crippen molar-refractivity contribution in [3.63, 3.8) is 0 Å². The summed E-state index contributed by atoms with van der Waals surface area (Å²) in [4.78, 5) is 19.6. The van der Waals surface area contributed by atoms with Crippen molar-refractivity contribution in [2.75, 3.05) is 23.7 Å². The van der Waals surface area contributed by atoms with Crippen molar-refractivity contribution in [2.45, 2.75) is 25.4 Å². The van der Waals surface area contributed by atoms with Gasteiger partial charge in [0.1, 0.15) is 5.56 Å². The van der Waals surface area contributed by atoms with E-state index in [0.29, 0.717) is 17.2 Å². The molecule has 1 saturated heterocycles. The van der Waals surface area contributed by atoms with Gasteiger partial charge < -0.3 is 21.7 Å². The number of nitrogens with two attached hydrogens (primary N) is 2. The van der Waals surface area contributed by atoms with Crippen molar-refractivity contribution < 1.29 is 4.79 Å². The molecule has 2 atom stereocenters. The van der Waals surface area contributed by atoms with E-state index in [2.05, 4.69) is 30.5 Å². The van der Waals surface area contributed by atoms with Gasteiger partial charge in [0.2, 0.25) is 0 Å². The van der Waals surface area contributed by atoms with Crippen molar-refractivity contribution in [2.24, 2.45) is 5.73 Å². The van der Waals surface area contributed by atoms with E-state index >= 15 is 0 Å². The van der Waals surface area contributed by atoms with Gasteiger partial charge >= 0.3 is 0 Å². The van der Waals surface area contributed by atoms with Crippen molar-refractivity contribution >= 4 is 45.6 Å². The number of rotatable bonds is 4. The number of anilines is 2. The first kappa shape index (κ1) is 19.6. The summed E-state index contributed by atoms with van der Waals surface area (Å²) in [6, 6.07) is 3.32. The van der Waals surface area contributed by atoms with Crippen LogP contribution in [0.1, 0.15) is 35.3 Å². The Morgan fingerprint density at radius 1 is 1.45 bits per heavy atom. The molecule has 6 N–H and O–H groups in total. The van der Waals surface area contributed by atoms with Gasteiger partial charge in [-0.3, -0.25) is 9.89 Å². The summed E-state index contributed by atoms with van der Waals surface area (Å²) in [7, 11) is 0. The second kappa shape index (κ2) is 7.40. The molecule has 1 unspecified atom stereocenters. The van der Waals surface area contributed by atoms with Crippen molar-refractivity contribution in [3.8, 4) is 0 Å². The van der Waals surface area contributed by atoms with E-state index in [9.17, 15) is 4.79 Å². The summed E-state index contributed by atoms with van der Waals surface area (Å²) in [6.07, 6.45) is 5.88. The first-order valence-corrected chi connectivity index (χ1v) is 10.4. The van der Waals surface area contributed by atoms with Crippen LogP contribution in [-0.4, -0.2) is 49.8 Å². The number of nitrogen functional groups attached to an aromatic ring is 1. The zero-order valence-electron chi connectivity index (χ0n) is 16.8. The lowest BCUT2D eigenvalue weighted by molar-refractivity contribution is 0.0942. The Bertz CT molecular complexity index is 1300. The number of carbonyl (C=O) groups is 1. The van der Waals surface area contributed by atoms with Gasteiger partial charge in [-0.05, 0) is 25.5 Å². The minimum Gasteiger partial charge on any atom is -0.381 e. The number of carbonyl (C=O) groups excluding carboxylic acids is 1. The van der Waals surface area contributed by atoms with E-state index in [4.69, 9.17) is 23.1 Å². The van der Waals surface area contributed by atoms with Crippen molar-refractivity contribution in [1.82, 2.24) is 30.1 Å². The molecule has 5 rings (SSSR count). The normalized spacial score (nSPS) is 17.5. The van der Waals surface area contributed by atoms with E-state index in [-0.39, 0.29) is 29.4 Å². The maximum Gasteiger partial charge on any atom is 0.259 e. The Labute approximate surface area is 182 Å². The number of fused-ring (bicyclic) bond motifs is 2. The molecule has 1 aliphatic heterocycles. The van der Waals surface area contributed by atoms with Gasteiger partial charge in [-0.1, -0.05) is 11.6 Å². The molecule has 0 bridgehead atoms. The molecule has 4 heterocycles. The molecule has 1 aliphatic rings. The van der Waals surface area contributed by atoms with Crippen LogP contribution in [0.25, 0.3) is 16.6 Å². The largest absolute Gasteiger partial charge is 0.381 e. The molecule has 3 aromatic heterocycles. The maximum absolute atomic E-state index is 13.1. The highest BCUT2D eigenvalue weighted by Gasteiger charge is 2.28. The molecule has 0 radical (unpaired) electrons. The lowest BCUT2D eigenvalue weighted by Gasteiger charge is -2.26. The number of aromatic nitrogens is 5. The Kier molecular flexibility index (Phi) is 4.67. The fourth-order valence-electron chi connectivity index (χ4n) is 4.20. The minimum atomic E-state index is -0.373. The summed E-state index contributed by atoms with van der Waals surface area (Å²) in [5.41, 5.74) is 15.5. The van der Waals surface area contributed by atoms with E-state index in [0.717, 1.165) is 35.1 Å². The molecule has 1 fully saturated rings. The highest BCUT2D eigenvalue weighted by molar-refractivity contribution is 6.36. The number of nitrogens with zero attached hydrogens (tertiary/aromatic N) is 5. The van der Waals surface area contributed by atoms with Gasteiger partial charge in [0.05, 0.1) is 28.5 Å². The average Bonchev–Trinajstić information content (AvgIpc) is 3.45. The Morgan fingerprint density at radius 3 is 3.06 bits per heavy atom. The van der Waals surface area contributed by atoms with Gasteiger partial charge in [0.25, 0.3) is 5.91 Å². The molecule has 0 spiro atoms. The van der Waals surface area contributed by atoms with E-state index in [1.54, 1.807) is 24.7 Å². The van der Waals surface area contributed by atoms with E-state index in [1.165, 1.54) is 4.52 Å². The summed E-state index contributed by atoms with van der Waals surface area (Å²) >= 11 is 6.54. The number of amides is 1. The standard InChI is InChI=1S/C20H22ClN9O/c1-10(26-20(31)15-18(23)28-30-5-2-4-24-19(15)30)12-7-14(21)13-8-25-27-16(13)17(12)29-6-3-11(22)9-29/h2,4-5,7-8,10-11H,3,6,9,22H2,1H3,(H2,23,28)(H,25,27)(H,26,31)/t10?,11-/m1/s1. The van der Waals surface area contributed by atoms with Crippen LogP contribution in [0.2, 0.25) is 5.02 Å². The molecule has 0 aliphatic carbocycles. The van der Waals surface area contributed by atoms with Crippen molar-refractivity contribution in [3.05, 3.63) is 46.9 Å². The number of benzene rings is 1. The molecular formula is C20H22ClN9O. The second-order valence-corrected chi connectivity index (χ2v) is 8.20. The van der Waals surface area contributed by atoms with Crippen LogP contribution >= 0.6 is 11.6 Å². The molecular weight excluding hydrogens is 418 g/mol. The average molecular weight is 440 g/mol. The van der Waals surface area contributed by atoms with Crippen LogP contribution in [-0.2, 0) is 0 Å². The summed E-state index contributed by atoms with van der Waals surface area (Å²) in [5, 5.41) is 15.8. The highest BCUT2D eigenvalue weighted by atomic mass is 35.5. The minimum absolute atomic E-state index is 0.0936. The monoisotopic (exact) mass is 439 g/mol. The number of halogens is 1. The molecule has 1 aromatic carbocycles. The third-order valence-corrected chi connectivity index (χ3v) is 6.01. The lowest BCUT2D eigenvalue weighted by Crippen LogP contribution is -2.31. The van der Waals surface area contributed by atoms with Crippen molar-refractivity contribution in [1.29, 1.82) is 0 Å². The van der Waals surface area contributed by atoms with Crippen LogP contribution in [0, 0.1) is 0 Å². The summed E-state index contributed by atoms with van der Waals surface area (Å²) in [6.45, 7) is 3.43. The smallest absolute Gasteiger partial charge is 0.259 e. The second-order valence-electron chi connectivity index (χ2n) is 7.79. The number of nitrogens with one attached hydrogen (secondary N) is 2. The number of hydrogen-bond acceptors (Lipinski definition) is 7. The van der Waals surface area contributed by atoms with Crippen LogP contribution in [0.5, 0.6) is 0 Å². The highest BCUT2D eigenvalue weighted by Crippen LogP contribution is 2.39. The quantitative estimate of drug-likeness (QED) is 0.380. The van der Waals surface area contributed by atoms with Gasteiger partial charge in [-0.15, -0.1) is 5.10 Å². The predicted octanol–water partition coefficient (Wildman–Crippen LogP) is 1.87. The zero-order chi connectivity index (χ0) is 21.7. The topological polar surface area (TPSA) is 143 Å². The third kappa shape index (κ3) is 3.24. The molecule has 1 amide bonds. The van der Waals surface area contributed by atoms with Crippen LogP contribution in [0.3, 0.4) is 0 Å². The molecule has 10 nitrogen and oxygen atoms in total. The SMILES string of the molecule is CC(NC(=O)c1c(N)nn2cccnc12)c1cc(Cl)c2cn[nH]c2c1N1CC[C@@H](N)C1. The lowest BCUT2D eigenvalue weighted by atomic mass is 10.0. The van der Waals surface area contributed by atoms with E-state index in [1.807, 2.05) is 13.0 Å². The van der Waals surface area contributed by atoms with Crippen LogP contribution < -0.4 is 21.7 Å². The first-order valence-electron chi connectivity index (χ1n) is 9.99. The fourth-order valence-corrected chi connectivity index (χ4v) is 4.46. The molecule has 0 saturated carbocycles. The van der Waals surface area contributed by atoms with Crippen LogP contribution in [0.4, 0.5) is 11.5 Å².